The van der Waals surface area contributed by atoms with Gasteiger partial charge in [-0.25, -0.2) is 0 Å². The van der Waals surface area contributed by atoms with Crippen LogP contribution >= 0.6 is 0 Å². The summed E-state index contributed by atoms with van der Waals surface area (Å²) in [5, 5.41) is 24.1. The second-order valence-corrected chi connectivity index (χ2v) is 3.89. The summed E-state index contributed by atoms with van der Waals surface area (Å²) in [5.74, 6) is 0.850. The molecule has 0 aromatic rings. The molecule has 2 saturated carbocycles. The van der Waals surface area contributed by atoms with Crippen molar-refractivity contribution in [2.24, 2.45) is 22.1 Å². The minimum absolute atomic E-state index is 0.425. The molecule has 2 atom stereocenters. The van der Waals surface area contributed by atoms with E-state index in [0.717, 1.165) is 43.5 Å². The first-order valence-electron chi connectivity index (χ1n) is 4.76. The molecule has 0 aromatic carbocycles. The van der Waals surface area contributed by atoms with Gasteiger partial charge in [0.05, 0.1) is 11.4 Å². The smallest absolute Gasteiger partial charge is 0.0602 e. The Morgan fingerprint density at radius 2 is 1.38 bits per heavy atom. The summed E-state index contributed by atoms with van der Waals surface area (Å²) in [6.07, 6.45) is 4.64. The number of nitrogens with zero attached hydrogens (tertiary/aromatic N) is 2. The molecule has 0 radical (unpaired) electrons. The van der Waals surface area contributed by atoms with Crippen LogP contribution in [0.1, 0.15) is 32.1 Å². The van der Waals surface area contributed by atoms with E-state index in [-0.39, 0.29) is 0 Å². The average molecular weight is 182 g/mol. The van der Waals surface area contributed by atoms with Crippen LogP contribution in [0.4, 0.5) is 0 Å². The summed E-state index contributed by atoms with van der Waals surface area (Å²) >= 11 is 0. The predicted molar refractivity (Wildman–Crippen MR) is 48.5 cm³/mol. The topological polar surface area (TPSA) is 65.2 Å². The van der Waals surface area contributed by atoms with Crippen LogP contribution in [0.3, 0.4) is 0 Å². The highest BCUT2D eigenvalue weighted by atomic mass is 16.4. The summed E-state index contributed by atoms with van der Waals surface area (Å²) in [7, 11) is 0. The Hall–Kier alpha value is -1.06. The minimum Gasteiger partial charge on any atom is -0.411 e. The van der Waals surface area contributed by atoms with Gasteiger partial charge in [-0.05, 0) is 32.1 Å². The summed E-state index contributed by atoms with van der Waals surface area (Å²) in [4.78, 5) is 0. The van der Waals surface area contributed by atoms with Gasteiger partial charge in [0.15, 0.2) is 0 Å². The number of oxime groups is 2. The molecule has 0 heterocycles. The lowest BCUT2D eigenvalue weighted by Crippen LogP contribution is -2.34. The van der Waals surface area contributed by atoms with E-state index >= 15 is 0 Å². The van der Waals surface area contributed by atoms with E-state index in [4.69, 9.17) is 10.4 Å². The highest BCUT2D eigenvalue weighted by Crippen LogP contribution is 2.36. The van der Waals surface area contributed by atoms with Gasteiger partial charge in [0.1, 0.15) is 0 Å². The van der Waals surface area contributed by atoms with Crippen LogP contribution in [0.15, 0.2) is 10.3 Å². The maximum atomic E-state index is 8.73. The number of hydrogen-bond donors (Lipinski definition) is 2. The van der Waals surface area contributed by atoms with Crippen LogP contribution in [-0.2, 0) is 0 Å². The number of rotatable bonds is 0. The van der Waals surface area contributed by atoms with E-state index in [1.807, 2.05) is 0 Å². The largest absolute Gasteiger partial charge is 0.411 e. The van der Waals surface area contributed by atoms with E-state index in [0.29, 0.717) is 11.8 Å². The highest BCUT2D eigenvalue weighted by Gasteiger charge is 2.34. The van der Waals surface area contributed by atoms with Gasteiger partial charge in [-0.1, -0.05) is 10.3 Å². The normalized spacial score (nSPS) is 39.7. The summed E-state index contributed by atoms with van der Waals surface area (Å²) in [5.41, 5.74) is 1.88. The van der Waals surface area contributed by atoms with Gasteiger partial charge in [-0.2, -0.15) is 0 Å². The zero-order valence-electron chi connectivity index (χ0n) is 7.48. The fourth-order valence-corrected chi connectivity index (χ4v) is 2.50. The SMILES string of the molecule is O/N=C1/CC[C@H]2C[C@@H]1CC/C2=N/O. The van der Waals surface area contributed by atoms with Crippen molar-refractivity contribution in [1.82, 2.24) is 0 Å². The molecule has 72 valence electrons. The molecular formula is C9H14N2O2. The predicted octanol–water partition coefficient (Wildman–Crippen LogP) is 1.86. The Bertz CT molecular complexity index is 234. The molecule has 2 rings (SSSR count). The maximum Gasteiger partial charge on any atom is 0.0602 e. The second-order valence-electron chi connectivity index (χ2n) is 3.89. The molecule has 2 bridgehead atoms. The fraction of sp³-hybridized carbons (Fsp3) is 0.778. The number of hydrogen-bond acceptors (Lipinski definition) is 4. The van der Waals surface area contributed by atoms with Crippen LogP contribution in [0.2, 0.25) is 0 Å². The molecule has 0 spiro atoms. The Balaban J connectivity index is 2.13. The summed E-state index contributed by atoms with van der Waals surface area (Å²) in [6.45, 7) is 0. The quantitative estimate of drug-likeness (QED) is 0.443. The first kappa shape index (κ1) is 8.53. The Kier molecular flexibility index (Phi) is 2.20. The van der Waals surface area contributed by atoms with Crippen molar-refractivity contribution < 1.29 is 10.4 Å². The molecule has 2 N–H and O–H groups in total. The van der Waals surface area contributed by atoms with Gasteiger partial charge in [0.25, 0.3) is 0 Å². The van der Waals surface area contributed by atoms with Crippen LogP contribution in [-0.4, -0.2) is 21.8 Å². The first-order valence-corrected chi connectivity index (χ1v) is 4.76. The Morgan fingerprint density at radius 3 is 1.77 bits per heavy atom. The molecule has 0 aromatic heterocycles. The molecule has 4 heteroatoms. The third-order valence-electron chi connectivity index (χ3n) is 3.27. The Morgan fingerprint density at radius 1 is 0.923 bits per heavy atom. The lowest BCUT2D eigenvalue weighted by Gasteiger charge is -2.34. The molecule has 0 saturated heterocycles. The standard InChI is InChI=1S/C9H14N2O2/c12-10-8-3-1-6-5-7(8)2-4-9(6)11-13/h6-7,12-13H,1-5H2/b10-8-,11-9-/t6-,7-/m0/s1. The molecule has 0 amide bonds. The second kappa shape index (κ2) is 3.36. The Labute approximate surface area is 76.9 Å². The highest BCUT2D eigenvalue weighted by molar-refractivity contribution is 5.94. The summed E-state index contributed by atoms with van der Waals surface area (Å²) in [6, 6.07) is 0. The van der Waals surface area contributed by atoms with Crippen molar-refractivity contribution in [2.75, 3.05) is 0 Å². The zero-order chi connectivity index (χ0) is 9.26. The van der Waals surface area contributed by atoms with E-state index in [2.05, 4.69) is 10.3 Å². The van der Waals surface area contributed by atoms with E-state index in [1.54, 1.807) is 0 Å². The third-order valence-corrected chi connectivity index (χ3v) is 3.27. The van der Waals surface area contributed by atoms with Gasteiger partial charge < -0.3 is 10.4 Å². The molecule has 0 aliphatic heterocycles. The van der Waals surface area contributed by atoms with Crippen LogP contribution in [0.5, 0.6) is 0 Å². The minimum atomic E-state index is 0.425. The molecule has 0 unspecified atom stereocenters. The lowest BCUT2D eigenvalue weighted by atomic mass is 9.70. The van der Waals surface area contributed by atoms with Crippen LogP contribution in [0, 0.1) is 11.8 Å². The van der Waals surface area contributed by atoms with Gasteiger partial charge in [-0.15, -0.1) is 0 Å². The number of fused-ring (bicyclic) bond motifs is 2. The van der Waals surface area contributed by atoms with Gasteiger partial charge in [-0.3, -0.25) is 0 Å². The molecule has 13 heavy (non-hydrogen) atoms. The van der Waals surface area contributed by atoms with Crippen molar-refractivity contribution in [3.05, 3.63) is 0 Å². The molecule has 2 aliphatic carbocycles. The third kappa shape index (κ3) is 1.41. The fourth-order valence-electron chi connectivity index (χ4n) is 2.50. The van der Waals surface area contributed by atoms with Crippen molar-refractivity contribution in [2.45, 2.75) is 32.1 Å². The summed E-state index contributed by atoms with van der Waals surface area (Å²) < 4.78 is 0. The maximum absolute atomic E-state index is 8.73. The van der Waals surface area contributed by atoms with Gasteiger partial charge in [0, 0.05) is 11.8 Å². The van der Waals surface area contributed by atoms with E-state index in [9.17, 15) is 0 Å². The van der Waals surface area contributed by atoms with Gasteiger partial charge >= 0.3 is 0 Å². The van der Waals surface area contributed by atoms with Crippen LogP contribution in [0.25, 0.3) is 0 Å². The molecule has 4 nitrogen and oxygen atoms in total. The van der Waals surface area contributed by atoms with Crippen LogP contribution < -0.4 is 0 Å². The van der Waals surface area contributed by atoms with Crippen molar-refractivity contribution in [1.29, 1.82) is 0 Å². The monoisotopic (exact) mass is 182 g/mol. The average Bonchev–Trinajstić information content (AvgIpc) is 2.19. The molecular weight excluding hydrogens is 168 g/mol. The van der Waals surface area contributed by atoms with E-state index in [1.165, 1.54) is 0 Å². The van der Waals surface area contributed by atoms with E-state index < -0.39 is 0 Å². The zero-order valence-corrected chi connectivity index (χ0v) is 7.48. The van der Waals surface area contributed by atoms with Crippen molar-refractivity contribution >= 4 is 11.4 Å². The first-order chi connectivity index (χ1) is 6.35. The van der Waals surface area contributed by atoms with Crippen molar-refractivity contribution in [3.63, 3.8) is 0 Å². The van der Waals surface area contributed by atoms with Crippen molar-refractivity contribution in [3.8, 4) is 0 Å². The lowest BCUT2D eigenvalue weighted by molar-refractivity contribution is 0.288. The van der Waals surface area contributed by atoms with Gasteiger partial charge in [0.2, 0.25) is 0 Å². The molecule has 2 aliphatic rings. The molecule has 2 fully saturated rings.